The number of hydrogen-bond acceptors (Lipinski definition) is 2. The van der Waals surface area contributed by atoms with Gasteiger partial charge in [0.1, 0.15) is 11.9 Å². The minimum absolute atomic E-state index is 0.237. The SMILES string of the molecule is Cc1cc(-c2cnc(C#N)[nH]2)ccc1F. The maximum atomic E-state index is 13.0. The van der Waals surface area contributed by atoms with Crippen LogP contribution in [0.2, 0.25) is 0 Å². The zero-order valence-corrected chi connectivity index (χ0v) is 8.08. The number of imidazole rings is 1. The Morgan fingerprint density at radius 3 is 2.87 bits per heavy atom. The van der Waals surface area contributed by atoms with Gasteiger partial charge in [-0.25, -0.2) is 9.37 Å². The Bertz CT molecular complexity index is 537. The largest absolute Gasteiger partial charge is 0.329 e. The number of nitriles is 1. The van der Waals surface area contributed by atoms with Gasteiger partial charge in [-0.05, 0) is 30.7 Å². The van der Waals surface area contributed by atoms with E-state index >= 15 is 0 Å². The third kappa shape index (κ3) is 1.72. The van der Waals surface area contributed by atoms with Crippen molar-refractivity contribution in [3.05, 3.63) is 41.6 Å². The summed E-state index contributed by atoms with van der Waals surface area (Å²) in [6, 6.07) is 6.66. The molecular formula is C11H8FN3. The lowest BCUT2D eigenvalue weighted by Crippen LogP contribution is -1.84. The molecule has 1 aromatic carbocycles. The van der Waals surface area contributed by atoms with Gasteiger partial charge >= 0.3 is 0 Å². The summed E-state index contributed by atoms with van der Waals surface area (Å²) in [5.41, 5.74) is 2.11. The van der Waals surface area contributed by atoms with E-state index in [4.69, 9.17) is 5.26 Å². The number of rotatable bonds is 1. The molecule has 0 amide bonds. The number of nitrogens with zero attached hydrogens (tertiary/aromatic N) is 2. The van der Waals surface area contributed by atoms with Gasteiger partial charge in [0.25, 0.3) is 0 Å². The van der Waals surface area contributed by atoms with Crippen molar-refractivity contribution in [2.24, 2.45) is 0 Å². The smallest absolute Gasteiger partial charge is 0.210 e. The number of hydrogen-bond donors (Lipinski definition) is 1. The Labute approximate surface area is 86.2 Å². The number of nitrogens with one attached hydrogen (secondary N) is 1. The first kappa shape index (κ1) is 9.41. The van der Waals surface area contributed by atoms with Gasteiger partial charge < -0.3 is 4.98 Å². The molecule has 1 aromatic heterocycles. The van der Waals surface area contributed by atoms with E-state index in [9.17, 15) is 4.39 Å². The summed E-state index contributed by atoms with van der Waals surface area (Å²) in [7, 11) is 0. The number of aromatic amines is 1. The van der Waals surface area contributed by atoms with Gasteiger partial charge in [-0.1, -0.05) is 0 Å². The molecule has 0 radical (unpaired) electrons. The zero-order valence-electron chi connectivity index (χ0n) is 8.08. The highest BCUT2D eigenvalue weighted by Crippen LogP contribution is 2.19. The first-order valence-corrected chi connectivity index (χ1v) is 4.42. The minimum Gasteiger partial charge on any atom is -0.329 e. The van der Waals surface area contributed by atoms with Crippen molar-refractivity contribution in [2.75, 3.05) is 0 Å². The predicted octanol–water partition coefficient (Wildman–Crippen LogP) is 2.40. The van der Waals surface area contributed by atoms with Crippen LogP contribution in [0.1, 0.15) is 11.4 Å². The average molecular weight is 201 g/mol. The average Bonchev–Trinajstić information content (AvgIpc) is 2.70. The van der Waals surface area contributed by atoms with Crippen LogP contribution in [-0.4, -0.2) is 9.97 Å². The molecule has 1 heterocycles. The third-order valence-corrected chi connectivity index (χ3v) is 2.15. The van der Waals surface area contributed by atoms with E-state index in [0.717, 1.165) is 11.3 Å². The normalized spacial score (nSPS) is 9.93. The molecule has 0 atom stereocenters. The fourth-order valence-electron chi connectivity index (χ4n) is 1.34. The number of aryl methyl sites for hydroxylation is 1. The number of benzene rings is 1. The molecule has 0 fully saturated rings. The van der Waals surface area contributed by atoms with Crippen LogP contribution in [0, 0.1) is 24.1 Å². The highest BCUT2D eigenvalue weighted by molar-refractivity contribution is 5.59. The zero-order chi connectivity index (χ0) is 10.8. The van der Waals surface area contributed by atoms with Gasteiger partial charge in [0, 0.05) is 5.56 Å². The molecule has 74 valence electrons. The molecule has 15 heavy (non-hydrogen) atoms. The van der Waals surface area contributed by atoms with Crippen molar-refractivity contribution in [1.82, 2.24) is 9.97 Å². The van der Waals surface area contributed by atoms with E-state index in [1.807, 2.05) is 6.07 Å². The van der Waals surface area contributed by atoms with Crippen LogP contribution >= 0.6 is 0 Å². The highest BCUT2D eigenvalue weighted by Gasteiger charge is 2.04. The van der Waals surface area contributed by atoms with Crippen LogP contribution in [0.3, 0.4) is 0 Å². The van der Waals surface area contributed by atoms with Crippen molar-refractivity contribution in [1.29, 1.82) is 5.26 Å². The molecule has 4 heteroatoms. The second-order valence-electron chi connectivity index (χ2n) is 3.22. The summed E-state index contributed by atoms with van der Waals surface area (Å²) in [5.74, 6) is 0.0192. The van der Waals surface area contributed by atoms with Gasteiger partial charge in [0.15, 0.2) is 0 Å². The summed E-state index contributed by atoms with van der Waals surface area (Å²) in [6.45, 7) is 1.69. The summed E-state index contributed by atoms with van der Waals surface area (Å²) >= 11 is 0. The van der Waals surface area contributed by atoms with Crippen LogP contribution in [0.4, 0.5) is 4.39 Å². The second-order valence-corrected chi connectivity index (χ2v) is 3.22. The molecule has 0 saturated heterocycles. The van der Waals surface area contributed by atoms with E-state index < -0.39 is 0 Å². The fraction of sp³-hybridized carbons (Fsp3) is 0.0909. The van der Waals surface area contributed by atoms with E-state index in [0.29, 0.717) is 5.56 Å². The van der Waals surface area contributed by atoms with E-state index in [2.05, 4.69) is 9.97 Å². The Hall–Kier alpha value is -2.15. The predicted molar refractivity (Wildman–Crippen MR) is 53.4 cm³/mol. The van der Waals surface area contributed by atoms with Crippen LogP contribution in [0.25, 0.3) is 11.3 Å². The van der Waals surface area contributed by atoms with E-state index in [1.54, 1.807) is 25.3 Å². The Morgan fingerprint density at radius 1 is 1.47 bits per heavy atom. The maximum absolute atomic E-state index is 13.0. The monoisotopic (exact) mass is 201 g/mol. The summed E-state index contributed by atoms with van der Waals surface area (Å²) in [4.78, 5) is 6.68. The van der Waals surface area contributed by atoms with Crippen molar-refractivity contribution < 1.29 is 4.39 Å². The van der Waals surface area contributed by atoms with Gasteiger partial charge in [0.05, 0.1) is 11.9 Å². The van der Waals surface area contributed by atoms with Gasteiger partial charge in [-0.2, -0.15) is 5.26 Å². The van der Waals surface area contributed by atoms with Gasteiger partial charge in [0.2, 0.25) is 5.82 Å². The standard InChI is InChI=1S/C11H8FN3/c1-7-4-8(2-3-9(7)12)10-6-14-11(5-13)15-10/h2-4,6H,1H3,(H,14,15). The van der Waals surface area contributed by atoms with E-state index in [-0.39, 0.29) is 11.6 Å². The molecule has 0 saturated carbocycles. The number of aromatic nitrogens is 2. The van der Waals surface area contributed by atoms with Crippen LogP contribution in [0.5, 0.6) is 0 Å². The maximum Gasteiger partial charge on any atom is 0.210 e. The molecule has 2 rings (SSSR count). The quantitative estimate of drug-likeness (QED) is 0.770. The van der Waals surface area contributed by atoms with Crippen molar-refractivity contribution in [2.45, 2.75) is 6.92 Å². The van der Waals surface area contributed by atoms with Crippen molar-refractivity contribution in [3.63, 3.8) is 0 Å². The van der Waals surface area contributed by atoms with Crippen LogP contribution < -0.4 is 0 Å². The van der Waals surface area contributed by atoms with Gasteiger partial charge in [-0.15, -0.1) is 0 Å². The molecular weight excluding hydrogens is 193 g/mol. The molecule has 1 N–H and O–H groups in total. The Morgan fingerprint density at radius 2 is 2.27 bits per heavy atom. The molecule has 0 bridgehead atoms. The molecule has 2 aromatic rings. The minimum atomic E-state index is -0.237. The van der Waals surface area contributed by atoms with Crippen LogP contribution in [0.15, 0.2) is 24.4 Å². The highest BCUT2D eigenvalue weighted by atomic mass is 19.1. The fourth-order valence-corrected chi connectivity index (χ4v) is 1.34. The molecule has 3 nitrogen and oxygen atoms in total. The molecule has 0 unspecified atom stereocenters. The lowest BCUT2D eigenvalue weighted by molar-refractivity contribution is 0.619. The molecule has 0 aliphatic heterocycles. The van der Waals surface area contributed by atoms with Crippen LogP contribution in [-0.2, 0) is 0 Å². The molecule has 0 aliphatic carbocycles. The summed E-state index contributed by atoms with van der Waals surface area (Å²) in [6.07, 6.45) is 1.56. The lowest BCUT2D eigenvalue weighted by atomic mass is 10.1. The van der Waals surface area contributed by atoms with Gasteiger partial charge in [-0.3, -0.25) is 0 Å². The summed E-state index contributed by atoms with van der Waals surface area (Å²) < 4.78 is 13.0. The second kappa shape index (κ2) is 3.54. The van der Waals surface area contributed by atoms with Crippen molar-refractivity contribution in [3.8, 4) is 17.3 Å². The Kier molecular flexibility index (Phi) is 2.22. The number of halogens is 1. The summed E-state index contributed by atoms with van der Waals surface area (Å²) in [5, 5.41) is 8.59. The van der Waals surface area contributed by atoms with Crippen molar-refractivity contribution >= 4 is 0 Å². The number of H-pyrrole nitrogens is 1. The van der Waals surface area contributed by atoms with E-state index in [1.165, 1.54) is 6.07 Å². The first-order chi connectivity index (χ1) is 7.20. The lowest BCUT2D eigenvalue weighted by Gasteiger charge is -2.00. The molecule has 0 aliphatic rings. The third-order valence-electron chi connectivity index (χ3n) is 2.15. The first-order valence-electron chi connectivity index (χ1n) is 4.42. The molecule has 0 spiro atoms. The Balaban J connectivity index is 2.46. The topological polar surface area (TPSA) is 52.5 Å².